The zero-order valence-corrected chi connectivity index (χ0v) is 22.3. The van der Waals surface area contributed by atoms with Crippen LogP contribution >= 0.6 is 0 Å². The molecule has 184 valence electrons. The zero-order valence-electron chi connectivity index (χ0n) is 19.8. The molecule has 3 aromatic carbocycles. The van der Waals surface area contributed by atoms with E-state index in [0.717, 1.165) is 29.3 Å². The fourth-order valence-corrected chi connectivity index (χ4v) is 8.28. The summed E-state index contributed by atoms with van der Waals surface area (Å²) in [7, 11) is -4.04. The third kappa shape index (κ3) is 6.89. The van der Waals surface area contributed by atoms with Crippen molar-refractivity contribution in [3.05, 3.63) is 109 Å². The first-order valence-electron chi connectivity index (χ1n) is 11.4. The molecule has 8 heteroatoms. The summed E-state index contributed by atoms with van der Waals surface area (Å²) in [5.74, 6) is 0. The first-order chi connectivity index (χ1) is 16.7. The van der Waals surface area contributed by atoms with E-state index in [1.54, 1.807) is 24.3 Å². The van der Waals surface area contributed by atoms with Gasteiger partial charge in [0.2, 0.25) is 0 Å². The topological polar surface area (TPSA) is 97.5 Å². The molecular formula is C27H29NO5SSe. The van der Waals surface area contributed by atoms with Gasteiger partial charge in [-0.1, -0.05) is 0 Å². The number of nitrogens with zero attached hydrogens (tertiary/aromatic N) is 1. The number of rotatable bonds is 11. The summed E-state index contributed by atoms with van der Waals surface area (Å²) in [5.41, 5.74) is 1.12. The van der Waals surface area contributed by atoms with Gasteiger partial charge in [-0.3, -0.25) is 0 Å². The van der Waals surface area contributed by atoms with Gasteiger partial charge in [0, 0.05) is 0 Å². The molecule has 3 aromatic rings. The van der Waals surface area contributed by atoms with Gasteiger partial charge in [0.15, 0.2) is 0 Å². The van der Waals surface area contributed by atoms with Crippen molar-refractivity contribution in [1.82, 2.24) is 0 Å². The Kier molecular flexibility index (Phi) is 9.40. The zero-order chi connectivity index (χ0) is 25.4. The van der Waals surface area contributed by atoms with Gasteiger partial charge >= 0.3 is 213 Å². The average Bonchev–Trinajstić information content (AvgIpc) is 2.85. The third-order valence-electron chi connectivity index (χ3n) is 5.56. The Balaban J connectivity index is 2.20. The molecule has 0 bridgehead atoms. The summed E-state index contributed by atoms with van der Waals surface area (Å²) in [6.07, 6.45) is 1.84. The van der Waals surface area contributed by atoms with Crippen LogP contribution in [-0.4, -0.2) is 33.4 Å². The number of unbranched alkanes of at least 4 members (excludes halogenated alkanes) is 2. The number of benzene rings is 3. The van der Waals surface area contributed by atoms with Crippen molar-refractivity contribution in [2.24, 2.45) is 0 Å². The van der Waals surface area contributed by atoms with Crippen LogP contribution in [0.1, 0.15) is 49.8 Å². The number of aliphatic hydroxyl groups is 1. The Morgan fingerprint density at radius 1 is 0.971 bits per heavy atom. The van der Waals surface area contributed by atoms with Crippen molar-refractivity contribution >= 4 is 34.9 Å². The molecule has 0 aliphatic carbocycles. The van der Waals surface area contributed by atoms with E-state index < -0.39 is 20.9 Å². The van der Waals surface area contributed by atoms with E-state index in [0.29, 0.717) is 16.5 Å². The molecule has 35 heavy (non-hydrogen) atoms. The Bertz CT molecular complexity index is 1270. The number of sulfone groups is 1. The second kappa shape index (κ2) is 12.3. The van der Waals surface area contributed by atoms with Crippen LogP contribution in [0.2, 0.25) is 0 Å². The Morgan fingerprint density at radius 3 is 2.17 bits per heavy atom. The van der Waals surface area contributed by atoms with E-state index in [1.165, 1.54) is 24.3 Å². The number of aryl methyl sites for hydroxylation is 1. The van der Waals surface area contributed by atoms with E-state index in [4.69, 9.17) is 0 Å². The van der Waals surface area contributed by atoms with Gasteiger partial charge < -0.3 is 0 Å². The molecule has 0 fully saturated rings. The number of hydrogen-bond donors (Lipinski definition) is 1. The molecule has 6 nitrogen and oxygen atoms in total. The van der Waals surface area contributed by atoms with Crippen LogP contribution in [0.25, 0.3) is 0 Å². The summed E-state index contributed by atoms with van der Waals surface area (Å²) < 4.78 is 29.7. The van der Waals surface area contributed by atoms with E-state index in [9.17, 15) is 23.6 Å². The van der Waals surface area contributed by atoms with Crippen LogP contribution in [0.5, 0.6) is 0 Å². The molecule has 0 amide bonds. The normalized spacial score (nSPS) is 13.2. The Morgan fingerprint density at radius 2 is 1.60 bits per heavy atom. The standard InChI is InChI=1S/C27H29NO5SSe/c1-3-4-6-11-25(35-24-9-7-5-8-10-24)27(34(32,33)23-18-12-20(2)13-19-23)26(29)21-14-16-22(17-15-21)28(30)31/h5,7-10,12-19,26,29H,3-4,6,11H2,1-2H3/b27-25+. The van der Waals surface area contributed by atoms with Gasteiger partial charge in [0.05, 0.1) is 0 Å². The quantitative estimate of drug-likeness (QED) is 0.150. The van der Waals surface area contributed by atoms with Crippen molar-refractivity contribution in [3.8, 4) is 0 Å². The first kappa shape index (κ1) is 26.8. The van der Waals surface area contributed by atoms with Crippen molar-refractivity contribution in [1.29, 1.82) is 0 Å². The second-order valence-electron chi connectivity index (χ2n) is 8.23. The number of aliphatic hydroxyl groups excluding tert-OH is 1. The molecule has 0 spiro atoms. The molecule has 1 unspecified atom stereocenters. The number of nitro groups is 1. The predicted octanol–water partition coefficient (Wildman–Crippen LogP) is 5.23. The summed E-state index contributed by atoms with van der Waals surface area (Å²) in [6, 6.07) is 21.7. The minimum absolute atomic E-state index is 0.0184. The summed E-state index contributed by atoms with van der Waals surface area (Å²) in [4.78, 5) is 10.7. The monoisotopic (exact) mass is 559 g/mol. The maximum atomic E-state index is 14.0. The SMILES string of the molecule is CCCCC/C([Se]c1ccccc1)=C(/C(O)c1ccc([N+](=O)[O-])cc1)S(=O)(=O)c1ccc(C)cc1. The summed E-state index contributed by atoms with van der Waals surface area (Å²) in [6.45, 7) is 3.97. The molecule has 0 aliphatic heterocycles. The molecule has 0 saturated carbocycles. The fraction of sp³-hybridized carbons (Fsp3) is 0.259. The van der Waals surface area contributed by atoms with E-state index in [2.05, 4.69) is 6.92 Å². The molecule has 3 rings (SSSR count). The molecule has 0 aromatic heterocycles. The summed E-state index contributed by atoms with van der Waals surface area (Å²) in [5, 5.41) is 22.6. The van der Waals surface area contributed by atoms with Crippen molar-refractivity contribution < 1.29 is 18.4 Å². The van der Waals surface area contributed by atoms with Gasteiger partial charge in [0.1, 0.15) is 0 Å². The first-order valence-corrected chi connectivity index (χ1v) is 14.6. The molecule has 0 radical (unpaired) electrons. The van der Waals surface area contributed by atoms with Crippen LogP contribution < -0.4 is 4.46 Å². The third-order valence-corrected chi connectivity index (χ3v) is 10.3. The van der Waals surface area contributed by atoms with Crippen LogP contribution in [0.3, 0.4) is 0 Å². The fourth-order valence-electron chi connectivity index (χ4n) is 3.61. The number of allylic oxidation sites excluding steroid dienone is 1. The van der Waals surface area contributed by atoms with Gasteiger partial charge in [-0.05, 0) is 0 Å². The van der Waals surface area contributed by atoms with E-state index in [1.807, 2.05) is 37.3 Å². The van der Waals surface area contributed by atoms with E-state index in [-0.39, 0.29) is 30.4 Å². The van der Waals surface area contributed by atoms with Crippen molar-refractivity contribution in [2.45, 2.75) is 50.5 Å². The van der Waals surface area contributed by atoms with E-state index >= 15 is 0 Å². The van der Waals surface area contributed by atoms with Crippen LogP contribution in [0, 0.1) is 17.0 Å². The Hall–Kier alpha value is -2.77. The molecule has 1 N–H and O–H groups in total. The molecule has 0 aliphatic rings. The van der Waals surface area contributed by atoms with Gasteiger partial charge in [-0.25, -0.2) is 0 Å². The number of non-ortho nitro benzene ring substituents is 1. The van der Waals surface area contributed by atoms with Crippen molar-refractivity contribution in [2.75, 3.05) is 0 Å². The summed E-state index contributed by atoms with van der Waals surface area (Å²) >= 11 is -0.330. The maximum absolute atomic E-state index is 14.0. The number of nitro benzene ring substituents is 1. The van der Waals surface area contributed by atoms with Crippen LogP contribution in [0.4, 0.5) is 5.69 Å². The number of hydrogen-bond acceptors (Lipinski definition) is 5. The molecule has 0 saturated heterocycles. The van der Waals surface area contributed by atoms with Gasteiger partial charge in [0.25, 0.3) is 0 Å². The molecular weight excluding hydrogens is 529 g/mol. The van der Waals surface area contributed by atoms with Gasteiger partial charge in [-0.15, -0.1) is 0 Å². The van der Waals surface area contributed by atoms with Gasteiger partial charge in [-0.2, -0.15) is 0 Å². The molecule has 1 atom stereocenters. The Labute approximate surface area is 212 Å². The van der Waals surface area contributed by atoms with Crippen LogP contribution in [0.15, 0.2) is 93.1 Å². The average molecular weight is 559 g/mol. The van der Waals surface area contributed by atoms with Crippen molar-refractivity contribution in [3.63, 3.8) is 0 Å². The second-order valence-corrected chi connectivity index (χ2v) is 12.6. The minimum atomic E-state index is -4.04. The van der Waals surface area contributed by atoms with Crippen LogP contribution in [-0.2, 0) is 9.84 Å². The molecule has 0 heterocycles. The predicted molar refractivity (Wildman–Crippen MR) is 139 cm³/mol.